The lowest BCUT2D eigenvalue weighted by molar-refractivity contribution is 1.15. The Morgan fingerprint density at radius 2 is 1.78 bits per heavy atom. The van der Waals surface area contributed by atoms with Crippen molar-refractivity contribution in [2.75, 3.05) is 17.7 Å². The number of aromatic nitrogens is 2. The van der Waals surface area contributed by atoms with Crippen LogP contribution in [0.25, 0.3) is 0 Å². The highest BCUT2D eigenvalue weighted by atomic mass is 35.5. The van der Waals surface area contributed by atoms with Gasteiger partial charge in [-0.1, -0.05) is 17.7 Å². The summed E-state index contributed by atoms with van der Waals surface area (Å²) in [4.78, 5) is 8.32. The van der Waals surface area contributed by atoms with Gasteiger partial charge in [-0.15, -0.1) is 0 Å². The molecule has 0 saturated carbocycles. The number of hydrogen-bond acceptors (Lipinski definition) is 4. The lowest BCUT2D eigenvalue weighted by Crippen LogP contribution is -2.01. The van der Waals surface area contributed by atoms with E-state index in [0.717, 1.165) is 5.69 Å². The molecule has 0 bridgehead atoms. The van der Waals surface area contributed by atoms with Gasteiger partial charge in [0, 0.05) is 12.7 Å². The average molecular weight is 263 g/mol. The molecule has 2 rings (SSSR count). The van der Waals surface area contributed by atoms with Crippen LogP contribution in [0.4, 0.5) is 17.5 Å². The molecule has 1 aromatic heterocycles. The van der Waals surface area contributed by atoms with E-state index in [-0.39, 0.29) is 0 Å². The Morgan fingerprint density at radius 1 is 1.11 bits per heavy atom. The number of halogens is 1. The predicted octanol–water partition coefficient (Wildman–Crippen LogP) is 3.53. The van der Waals surface area contributed by atoms with E-state index < -0.39 is 0 Å². The van der Waals surface area contributed by atoms with Crippen LogP contribution in [-0.4, -0.2) is 17.0 Å². The van der Waals surface area contributed by atoms with Gasteiger partial charge < -0.3 is 10.6 Å². The van der Waals surface area contributed by atoms with E-state index in [4.69, 9.17) is 11.6 Å². The fourth-order valence-electron chi connectivity index (χ4n) is 1.76. The van der Waals surface area contributed by atoms with Gasteiger partial charge in [-0.25, -0.2) is 4.98 Å². The summed E-state index contributed by atoms with van der Waals surface area (Å²) in [5, 5.41) is 6.58. The molecule has 0 atom stereocenters. The summed E-state index contributed by atoms with van der Waals surface area (Å²) >= 11 is 6.07. The minimum Gasteiger partial charge on any atom is -0.357 e. The Balaban J connectivity index is 2.33. The molecule has 0 aliphatic heterocycles. The zero-order valence-electron chi connectivity index (χ0n) is 10.6. The standard InChI is InChI=1S/C13H15ClN4/c1-8-4-9(2)6-10(5-8)17-12-11(14)7-16-13(15-3)18-12/h4-7H,1-3H3,(H2,15,16,17,18). The minimum atomic E-state index is 0.494. The highest BCUT2D eigenvalue weighted by molar-refractivity contribution is 6.32. The van der Waals surface area contributed by atoms with Crippen molar-refractivity contribution in [2.45, 2.75) is 13.8 Å². The van der Waals surface area contributed by atoms with Crippen molar-refractivity contribution in [3.05, 3.63) is 40.5 Å². The molecule has 2 N–H and O–H groups in total. The van der Waals surface area contributed by atoms with E-state index in [9.17, 15) is 0 Å². The largest absolute Gasteiger partial charge is 0.357 e. The van der Waals surface area contributed by atoms with E-state index in [1.54, 1.807) is 13.2 Å². The van der Waals surface area contributed by atoms with Gasteiger partial charge >= 0.3 is 0 Å². The van der Waals surface area contributed by atoms with Crippen LogP contribution in [0.5, 0.6) is 0 Å². The Kier molecular flexibility index (Phi) is 3.67. The highest BCUT2D eigenvalue weighted by Gasteiger charge is 2.05. The number of benzene rings is 1. The van der Waals surface area contributed by atoms with Crippen LogP contribution in [0.1, 0.15) is 11.1 Å². The Hall–Kier alpha value is -1.81. The highest BCUT2D eigenvalue weighted by Crippen LogP contribution is 2.24. The lowest BCUT2D eigenvalue weighted by Gasteiger charge is -2.10. The number of nitrogens with one attached hydrogen (secondary N) is 2. The first-order valence-electron chi connectivity index (χ1n) is 5.64. The molecule has 0 radical (unpaired) electrons. The van der Waals surface area contributed by atoms with Crippen LogP contribution < -0.4 is 10.6 Å². The summed E-state index contributed by atoms with van der Waals surface area (Å²) in [6.07, 6.45) is 1.57. The predicted molar refractivity (Wildman–Crippen MR) is 75.8 cm³/mol. The normalized spacial score (nSPS) is 10.2. The van der Waals surface area contributed by atoms with Gasteiger partial charge in [0.25, 0.3) is 0 Å². The van der Waals surface area contributed by atoms with Gasteiger partial charge in [-0.2, -0.15) is 4.98 Å². The quantitative estimate of drug-likeness (QED) is 0.888. The van der Waals surface area contributed by atoms with E-state index in [1.807, 2.05) is 12.1 Å². The van der Waals surface area contributed by atoms with E-state index >= 15 is 0 Å². The topological polar surface area (TPSA) is 49.8 Å². The summed E-state index contributed by atoms with van der Waals surface area (Å²) in [5.74, 6) is 1.13. The van der Waals surface area contributed by atoms with Crippen LogP contribution in [0.2, 0.25) is 5.02 Å². The summed E-state index contributed by atoms with van der Waals surface area (Å²) in [6, 6.07) is 6.21. The van der Waals surface area contributed by atoms with Gasteiger partial charge in [-0.05, 0) is 37.1 Å². The lowest BCUT2D eigenvalue weighted by atomic mass is 10.1. The van der Waals surface area contributed by atoms with Crippen LogP contribution >= 0.6 is 11.6 Å². The second-order valence-electron chi connectivity index (χ2n) is 4.14. The molecule has 0 spiro atoms. The number of hydrogen-bond donors (Lipinski definition) is 2. The first kappa shape index (κ1) is 12.6. The average Bonchev–Trinajstić information content (AvgIpc) is 2.30. The third-order valence-electron chi connectivity index (χ3n) is 2.45. The third-order valence-corrected chi connectivity index (χ3v) is 2.73. The third kappa shape index (κ3) is 2.90. The van der Waals surface area contributed by atoms with Crippen LogP contribution in [0.3, 0.4) is 0 Å². The van der Waals surface area contributed by atoms with Crippen molar-refractivity contribution in [2.24, 2.45) is 0 Å². The molecule has 94 valence electrons. The fraction of sp³-hybridized carbons (Fsp3) is 0.231. The van der Waals surface area contributed by atoms with E-state index in [1.165, 1.54) is 11.1 Å². The second-order valence-corrected chi connectivity index (χ2v) is 4.55. The molecule has 0 saturated heterocycles. The number of anilines is 3. The molecule has 1 aromatic carbocycles. The maximum atomic E-state index is 6.07. The van der Waals surface area contributed by atoms with E-state index in [2.05, 4.69) is 40.5 Å². The monoisotopic (exact) mass is 262 g/mol. The molecule has 0 fully saturated rings. The first-order chi connectivity index (χ1) is 8.58. The zero-order valence-corrected chi connectivity index (χ0v) is 11.3. The molecular formula is C13H15ClN4. The summed E-state index contributed by atoms with van der Waals surface area (Å²) in [6.45, 7) is 4.11. The fourth-order valence-corrected chi connectivity index (χ4v) is 1.90. The van der Waals surface area contributed by atoms with Crippen molar-refractivity contribution in [3.8, 4) is 0 Å². The Labute approximate surface area is 111 Å². The van der Waals surface area contributed by atoms with Gasteiger partial charge in [0.15, 0.2) is 5.82 Å². The molecular weight excluding hydrogens is 248 g/mol. The minimum absolute atomic E-state index is 0.494. The van der Waals surface area contributed by atoms with Crippen molar-refractivity contribution < 1.29 is 0 Å². The molecule has 0 amide bonds. The summed E-state index contributed by atoms with van der Waals surface area (Å²) < 4.78 is 0. The number of aryl methyl sites for hydroxylation is 2. The van der Waals surface area contributed by atoms with Crippen LogP contribution in [-0.2, 0) is 0 Å². The molecule has 5 heteroatoms. The van der Waals surface area contributed by atoms with E-state index in [0.29, 0.717) is 16.8 Å². The number of nitrogens with zero attached hydrogens (tertiary/aromatic N) is 2. The maximum Gasteiger partial charge on any atom is 0.224 e. The molecule has 2 aromatic rings. The second kappa shape index (κ2) is 5.23. The SMILES string of the molecule is CNc1ncc(Cl)c(Nc2cc(C)cc(C)c2)n1. The molecule has 0 aliphatic rings. The van der Waals surface area contributed by atoms with Gasteiger partial charge in [0.2, 0.25) is 5.95 Å². The van der Waals surface area contributed by atoms with Crippen LogP contribution in [0.15, 0.2) is 24.4 Å². The zero-order chi connectivity index (χ0) is 13.1. The van der Waals surface area contributed by atoms with Gasteiger partial charge in [0.05, 0.1) is 6.20 Å². The first-order valence-corrected chi connectivity index (χ1v) is 6.02. The molecule has 0 unspecified atom stereocenters. The molecule has 4 nitrogen and oxygen atoms in total. The Morgan fingerprint density at radius 3 is 2.39 bits per heavy atom. The van der Waals surface area contributed by atoms with Crippen molar-refractivity contribution in [1.29, 1.82) is 0 Å². The number of rotatable bonds is 3. The molecule has 1 heterocycles. The maximum absolute atomic E-state index is 6.07. The van der Waals surface area contributed by atoms with Gasteiger partial charge in [0.1, 0.15) is 5.02 Å². The molecule has 0 aliphatic carbocycles. The van der Waals surface area contributed by atoms with Crippen molar-refractivity contribution >= 4 is 29.1 Å². The summed E-state index contributed by atoms with van der Waals surface area (Å²) in [7, 11) is 1.77. The van der Waals surface area contributed by atoms with Gasteiger partial charge in [-0.3, -0.25) is 0 Å². The smallest absolute Gasteiger partial charge is 0.224 e. The molecule has 18 heavy (non-hydrogen) atoms. The van der Waals surface area contributed by atoms with Crippen molar-refractivity contribution in [1.82, 2.24) is 9.97 Å². The van der Waals surface area contributed by atoms with Crippen molar-refractivity contribution in [3.63, 3.8) is 0 Å². The Bertz CT molecular complexity index is 549. The van der Waals surface area contributed by atoms with Crippen LogP contribution in [0, 0.1) is 13.8 Å². The summed E-state index contributed by atoms with van der Waals surface area (Å²) in [5.41, 5.74) is 3.35.